The lowest BCUT2D eigenvalue weighted by atomic mass is 9.63. The molecule has 0 bridgehead atoms. The van der Waals surface area contributed by atoms with Crippen molar-refractivity contribution < 1.29 is 0 Å². The first-order chi connectivity index (χ1) is 16.7. The standard InChI is InChI=1S/C24H35N3S.C7H16/c1-23(2)9-10-24(3,4)20-15-18(5-6-19(20)23)21-16-28-22(26-21)17-7-12-27(13-8-17)14-11-25;1-3-5-7-6-4-2/h5-6,15-17H,7-14,25H2,1-4H3;3-7H2,1-2H3. The highest BCUT2D eigenvalue weighted by atomic mass is 32.1. The number of aromatic nitrogens is 1. The molecule has 1 aromatic carbocycles. The van der Waals surface area contributed by atoms with Crippen molar-refractivity contribution in [1.82, 2.24) is 9.88 Å². The number of likely N-dealkylation sites (tertiary alicyclic amines) is 1. The van der Waals surface area contributed by atoms with E-state index in [-0.39, 0.29) is 10.8 Å². The van der Waals surface area contributed by atoms with Crippen LogP contribution in [0.4, 0.5) is 0 Å². The molecule has 1 aliphatic heterocycles. The van der Waals surface area contributed by atoms with Crippen LogP contribution in [0.2, 0.25) is 0 Å². The Kier molecular flexibility index (Phi) is 10.4. The third-order valence-corrected chi connectivity index (χ3v) is 9.27. The zero-order chi connectivity index (χ0) is 25.5. The second kappa shape index (κ2) is 12.8. The summed E-state index contributed by atoms with van der Waals surface area (Å²) in [5.74, 6) is 0.612. The lowest BCUT2D eigenvalue weighted by Gasteiger charge is -2.42. The number of nitrogens with zero attached hydrogens (tertiary/aromatic N) is 2. The van der Waals surface area contributed by atoms with E-state index in [0.29, 0.717) is 5.92 Å². The molecule has 3 nitrogen and oxygen atoms in total. The first-order valence-electron chi connectivity index (χ1n) is 14.2. The highest BCUT2D eigenvalue weighted by Gasteiger charge is 2.37. The average molecular weight is 498 g/mol. The highest BCUT2D eigenvalue weighted by molar-refractivity contribution is 7.10. The van der Waals surface area contributed by atoms with Crippen LogP contribution in [0.3, 0.4) is 0 Å². The first-order valence-corrected chi connectivity index (χ1v) is 15.1. The largest absolute Gasteiger partial charge is 0.329 e. The van der Waals surface area contributed by atoms with Gasteiger partial charge in [-0.15, -0.1) is 11.3 Å². The number of fused-ring (bicyclic) bond motifs is 1. The first kappa shape index (κ1) is 28.3. The van der Waals surface area contributed by atoms with Gasteiger partial charge in [0.2, 0.25) is 0 Å². The summed E-state index contributed by atoms with van der Waals surface area (Å²) < 4.78 is 0. The van der Waals surface area contributed by atoms with Crippen LogP contribution < -0.4 is 5.73 Å². The molecule has 0 atom stereocenters. The molecule has 1 aromatic heterocycles. The van der Waals surface area contributed by atoms with Crippen molar-refractivity contribution in [3.8, 4) is 11.3 Å². The van der Waals surface area contributed by atoms with Crippen LogP contribution >= 0.6 is 11.3 Å². The van der Waals surface area contributed by atoms with Crippen LogP contribution in [0.25, 0.3) is 11.3 Å². The van der Waals surface area contributed by atoms with Gasteiger partial charge in [-0.2, -0.15) is 0 Å². The van der Waals surface area contributed by atoms with Gasteiger partial charge in [-0.1, -0.05) is 85.8 Å². The molecule has 2 heterocycles. The summed E-state index contributed by atoms with van der Waals surface area (Å²) in [7, 11) is 0. The maximum atomic E-state index is 5.71. The van der Waals surface area contributed by atoms with Crippen LogP contribution in [-0.2, 0) is 10.8 Å². The van der Waals surface area contributed by atoms with Crippen molar-refractivity contribution in [3.05, 3.63) is 39.7 Å². The maximum Gasteiger partial charge on any atom is 0.0964 e. The number of piperidine rings is 1. The summed E-state index contributed by atoms with van der Waals surface area (Å²) in [4.78, 5) is 7.57. The van der Waals surface area contributed by atoms with Gasteiger partial charge >= 0.3 is 0 Å². The minimum absolute atomic E-state index is 0.246. The van der Waals surface area contributed by atoms with Crippen LogP contribution in [0.1, 0.15) is 121 Å². The third-order valence-electron chi connectivity index (χ3n) is 8.26. The van der Waals surface area contributed by atoms with Crippen LogP contribution in [0.5, 0.6) is 0 Å². The quantitative estimate of drug-likeness (QED) is 0.373. The summed E-state index contributed by atoms with van der Waals surface area (Å²) in [5.41, 5.74) is 11.7. The summed E-state index contributed by atoms with van der Waals surface area (Å²) in [6.07, 6.45) is 11.9. The Balaban J connectivity index is 0.000000429. The zero-order valence-corrected chi connectivity index (χ0v) is 24.3. The van der Waals surface area contributed by atoms with Crippen molar-refractivity contribution in [1.29, 1.82) is 0 Å². The lowest BCUT2D eigenvalue weighted by molar-refractivity contribution is 0.217. The Labute approximate surface area is 219 Å². The van der Waals surface area contributed by atoms with Gasteiger partial charge in [0.1, 0.15) is 0 Å². The molecule has 0 amide bonds. The molecule has 1 saturated heterocycles. The van der Waals surface area contributed by atoms with Gasteiger partial charge in [-0.3, -0.25) is 0 Å². The Morgan fingerprint density at radius 1 is 0.943 bits per heavy atom. The van der Waals surface area contributed by atoms with E-state index >= 15 is 0 Å². The van der Waals surface area contributed by atoms with Gasteiger partial charge in [-0.05, 0) is 66.8 Å². The molecule has 35 heavy (non-hydrogen) atoms. The van der Waals surface area contributed by atoms with E-state index in [1.807, 2.05) is 11.3 Å². The van der Waals surface area contributed by atoms with Gasteiger partial charge in [-0.25, -0.2) is 4.98 Å². The predicted molar refractivity (Wildman–Crippen MR) is 155 cm³/mol. The Morgan fingerprint density at radius 2 is 1.57 bits per heavy atom. The molecule has 0 unspecified atom stereocenters. The summed E-state index contributed by atoms with van der Waals surface area (Å²) in [6.45, 7) is 18.1. The minimum atomic E-state index is 0.246. The smallest absolute Gasteiger partial charge is 0.0964 e. The van der Waals surface area contributed by atoms with E-state index in [1.54, 1.807) is 0 Å². The number of hydrogen-bond acceptors (Lipinski definition) is 4. The monoisotopic (exact) mass is 497 g/mol. The molecular formula is C31H51N3S. The predicted octanol–water partition coefficient (Wildman–Crippen LogP) is 8.27. The molecule has 0 spiro atoms. The van der Waals surface area contributed by atoms with Crippen molar-refractivity contribution in [2.24, 2.45) is 5.73 Å². The van der Waals surface area contributed by atoms with Crippen LogP contribution in [0, 0.1) is 0 Å². The highest BCUT2D eigenvalue weighted by Crippen LogP contribution is 2.47. The van der Waals surface area contributed by atoms with Crippen LogP contribution in [-0.4, -0.2) is 36.1 Å². The lowest BCUT2D eigenvalue weighted by Crippen LogP contribution is -2.36. The fourth-order valence-corrected chi connectivity index (χ4v) is 6.62. The molecule has 0 saturated carbocycles. The van der Waals surface area contributed by atoms with Crippen molar-refractivity contribution >= 4 is 11.3 Å². The Morgan fingerprint density at radius 3 is 2.17 bits per heavy atom. The molecule has 2 N–H and O–H groups in total. The van der Waals surface area contributed by atoms with Gasteiger partial charge < -0.3 is 10.6 Å². The number of unbranched alkanes of at least 4 members (excludes halogenated alkanes) is 4. The van der Waals surface area contributed by atoms with Crippen molar-refractivity contribution in [2.75, 3.05) is 26.2 Å². The van der Waals surface area contributed by atoms with E-state index in [4.69, 9.17) is 10.7 Å². The zero-order valence-electron chi connectivity index (χ0n) is 23.5. The molecule has 2 aliphatic rings. The summed E-state index contributed by atoms with van der Waals surface area (Å²) in [6, 6.07) is 7.10. The van der Waals surface area contributed by atoms with Gasteiger partial charge in [0.15, 0.2) is 0 Å². The van der Waals surface area contributed by atoms with E-state index < -0.39 is 0 Å². The average Bonchev–Trinajstić information content (AvgIpc) is 3.34. The number of thiazole rings is 1. The fraction of sp³-hybridized carbons (Fsp3) is 0.710. The summed E-state index contributed by atoms with van der Waals surface area (Å²) >= 11 is 1.85. The molecular weight excluding hydrogens is 446 g/mol. The van der Waals surface area contributed by atoms with E-state index in [0.717, 1.165) is 31.9 Å². The molecule has 0 radical (unpaired) electrons. The molecule has 1 aliphatic carbocycles. The number of rotatable bonds is 8. The van der Waals surface area contributed by atoms with Crippen molar-refractivity contribution in [3.63, 3.8) is 0 Å². The van der Waals surface area contributed by atoms with Gasteiger partial charge in [0, 0.05) is 30.0 Å². The van der Waals surface area contributed by atoms with Gasteiger partial charge in [0.05, 0.1) is 10.7 Å². The van der Waals surface area contributed by atoms with E-state index in [1.165, 1.54) is 79.5 Å². The molecule has 2 aromatic rings. The number of benzene rings is 1. The van der Waals surface area contributed by atoms with E-state index in [2.05, 4.69) is 70.0 Å². The number of hydrogen-bond donors (Lipinski definition) is 1. The van der Waals surface area contributed by atoms with Gasteiger partial charge in [0.25, 0.3) is 0 Å². The topological polar surface area (TPSA) is 42.1 Å². The molecule has 1 fully saturated rings. The maximum absolute atomic E-state index is 5.71. The number of nitrogens with two attached hydrogens (primary N) is 1. The van der Waals surface area contributed by atoms with Crippen molar-refractivity contribution in [2.45, 2.75) is 116 Å². The SMILES string of the molecule is CC1(C)CCC(C)(C)c2cc(-c3csc(C4CCN(CCN)CC4)n3)ccc21.CCCCCCC. The molecule has 196 valence electrons. The third kappa shape index (κ3) is 7.40. The second-order valence-electron chi connectivity index (χ2n) is 12.1. The molecule has 4 heteroatoms. The van der Waals surface area contributed by atoms with Crippen LogP contribution in [0.15, 0.2) is 23.6 Å². The molecule has 4 rings (SSSR count). The summed E-state index contributed by atoms with van der Waals surface area (Å²) in [5, 5.41) is 3.59. The minimum Gasteiger partial charge on any atom is -0.329 e. The fourth-order valence-electron chi connectivity index (χ4n) is 5.62. The van der Waals surface area contributed by atoms with E-state index in [9.17, 15) is 0 Å². The Hall–Kier alpha value is -1.23. The Bertz CT molecular complexity index is 902. The normalized spacial score (nSPS) is 19.6. The second-order valence-corrected chi connectivity index (χ2v) is 13.0.